The molecule has 0 spiro atoms. The molecule has 28 heavy (non-hydrogen) atoms. The van der Waals surface area contributed by atoms with Crippen LogP contribution in [0.3, 0.4) is 0 Å². The van der Waals surface area contributed by atoms with E-state index in [2.05, 4.69) is 5.32 Å². The van der Waals surface area contributed by atoms with Crippen LogP contribution in [0.4, 0.5) is 0 Å². The van der Waals surface area contributed by atoms with Gasteiger partial charge in [-0.15, -0.1) is 0 Å². The minimum Gasteiger partial charge on any atom is -0.330 e. The smallest absolute Gasteiger partial charge is 0.271 e. The molecular weight excluding hydrogens is 354 g/mol. The van der Waals surface area contributed by atoms with Crippen LogP contribution in [0.1, 0.15) is 62.5 Å². The molecule has 1 saturated carbocycles. The fourth-order valence-corrected chi connectivity index (χ4v) is 4.85. The molecule has 1 aromatic heterocycles. The van der Waals surface area contributed by atoms with Crippen molar-refractivity contribution in [2.45, 2.75) is 63.9 Å². The summed E-state index contributed by atoms with van der Waals surface area (Å²) in [6.07, 6.45) is 4.07. The lowest BCUT2D eigenvalue weighted by molar-refractivity contribution is -0.185. The zero-order valence-electron chi connectivity index (χ0n) is 16.5. The first-order valence-electron chi connectivity index (χ1n) is 10.1. The second kappa shape index (κ2) is 5.77. The summed E-state index contributed by atoms with van der Waals surface area (Å²) in [7, 11) is 0. The van der Waals surface area contributed by atoms with E-state index in [0.717, 1.165) is 36.6 Å². The van der Waals surface area contributed by atoms with E-state index >= 15 is 0 Å². The Balaban J connectivity index is 1.75. The Bertz CT molecular complexity index is 998. The summed E-state index contributed by atoms with van der Waals surface area (Å²) in [6.45, 7) is 5.76. The maximum absolute atomic E-state index is 13.6. The zero-order chi connectivity index (χ0) is 19.7. The second-order valence-corrected chi connectivity index (χ2v) is 8.64. The maximum atomic E-state index is 13.6. The number of pyridine rings is 1. The average Bonchev–Trinajstić information content (AvgIpc) is 3.31. The third-order valence-electron chi connectivity index (χ3n) is 6.76. The van der Waals surface area contributed by atoms with E-state index in [1.54, 1.807) is 4.90 Å². The fraction of sp³-hybridized carbons (Fsp3) is 0.500. The summed E-state index contributed by atoms with van der Waals surface area (Å²) in [5.41, 5.74) is 0.824. The highest BCUT2D eigenvalue weighted by molar-refractivity contribution is 6.08. The van der Waals surface area contributed by atoms with Crippen molar-refractivity contribution in [3.8, 4) is 0 Å². The molecule has 1 N–H and O–H groups in total. The van der Waals surface area contributed by atoms with Gasteiger partial charge in [0.25, 0.3) is 11.8 Å². The number of carbonyl (C=O) groups excluding carboxylic acids is 2. The Hall–Kier alpha value is -2.47. The standard InChI is InChI=1S/C22H25N3O3/c1-13(2)21(3)20(27)24-22(28-15-9-5-6-10-15)18-16(19(26)25(21)22)12-14-8-4-7-11-17(14)23-18/h4,7-8,11-13,15H,5-6,9-10H2,1-3H3,(H,24,27). The number of nitrogens with one attached hydrogen (secondary N) is 1. The summed E-state index contributed by atoms with van der Waals surface area (Å²) in [5.74, 6) is -1.77. The molecule has 6 nitrogen and oxygen atoms in total. The maximum Gasteiger partial charge on any atom is 0.271 e. The third-order valence-corrected chi connectivity index (χ3v) is 6.76. The third kappa shape index (κ3) is 2.09. The molecule has 1 saturated heterocycles. The molecule has 0 bridgehead atoms. The van der Waals surface area contributed by atoms with Gasteiger partial charge in [0.05, 0.1) is 17.2 Å². The van der Waals surface area contributed by atoms with Gasteiger partial charge in [0.15, 0.2) is 0 Å². The lowest BCUT2D eigenvalue weighted by atomic mass is 9.87. The minimum atomic E-state index is -1.32. The van der Waals surface area contributed by atoms with Crippen molar-refractivity contribution in [3.05, 3.63) is 41.6 Å². The van der Waals surface area contributed by atoms with E-state index < -0.39 is 11.4 Å². The highest BCUT2D eigenvalue weighted by atomic mass is 16.6. The van der Waals surface area contributed by atoms with Crippen molar-refractivity contribution in [2.75, 3.05) is 0 Å². The van der Waals surface area contributed by atoms with Gasteiger partial charge in [0.2, 0.25) is 5.91 Å². The van der Waals surface area contributed by atoms with Crippen molar-refractivity contribution in [3.63, 3.8) is 0 Å². The fourth-order valence-electron chi connectivity index (χ4n) is 4.85. The van der Waals surface area contributed by atoms with E-state index in [4.69, 9.17) is 9.72 Å². The number of para-hydroxylation sites is 1. The van der Waals surface area contributed by atoms with Gasteiger partial charge in [-0.2, -0.15) is 0 Å². The number of benzene rings is 1. The highest BCUT2D eigenvalue weighted by Gasteiger charge is 2.69. The molecule has 6 heteroatoms. The van der Waals surface area contributed by atoms with Crippen LogP contribution in [0.5, 0.6) is 0 Å². The van der Waals surface area contributed by atoms with E-state index in [1.165, 1.54) is 0 Å². The molecular formula is C22H25N3O3. The van der Waals surface area contributed by atoms with Gasteiger partial charge in [-0.1, -0.05) is 44.9 Å². The topological polar surface area (TPSA) is 71.5 Å². The Labute approximate surface area is 164 Å². The highest BCUT2D eigenvalue weighted by Crippen LogP contribution is 2.50. The second-order valence-electron chi connectivity index (χ2n) is 8.64. The number of aromatic nitrogens is 1. The van der Waals surface area contributed by atoms with Crippen molar-refractivity contribution >= 4 is 22.7 Å². The number of nitrogens with zero attached hydrogens (tertiary/aromatic N) is 2. The van der Waals surface area contributed by atoms with Gasteiger partial charge in [0.1, 0.15) is 11.2 Å². The summed E-state index contributed by atoms with van der Waals surface area (Å²) >= 11 is 0. The Kier molecular flexibility index (Phi) is 3.63. The Morgan fingerprint density at radius 2 is 1.93 bits per heavy atom. The van der Waals surface area contributed by atoms with E-state index in [1.807, 2.05) is 51.1 Å². The first-order valence-corrected chi connectivity index (χ1v) is 10.1. The number of hydrogen-bond acceptors (Lipinski definition) is 4. The summed E-state index contributed by atoms with van der Waals surface area (Å²) in [5, 5.41) is 3.97. The van der Waals surface area contributed by atoms with Crippen molar-refractivity contribution in [2.24, 2.45) is 5.92 Å². The lowest BCUT2D eigenvalue weighted by Gasteiger charge is -2.40. The van der Waals surface area contributed by atoms with E-state index in [-0.39, 0.29) is 23.8 Å². The van der Waals surface area contributed by atoms with Crippen LogP contribution >= 0.6 is 0 Å². The van der Waals surface area contributed by atoms with Gasteiger partial charge in [-0.25, -0.2) is 4.98 Å². The van der Waals surface area contributed by atoms with Gasteiger partial charge < -0.3 is 10.1 Å². The predicted molar refractivity (Wildman–Crippen MR) is 104 cm³/mol. The van der Waals surface area contributed by atoms with Crippen LogP contribution in [-0.4, -0.2) is 33.3 Å². The molecule has 2 atom stereocenters. The molecule has 146 valence electrons. The quantitative estimate of drug-likeness (QED) is 0.888. The van der Waals surface area contributed by atoms with Crippen molar-refractivity contribution in [1.29, 1.82) is 0 Å². The van der Waals surface area contributed by atoms with E-state index in [0.29, 0.717) is 11.3 Å². The summed E-state index contributed by atoms with van der Waals surface area (Å²) in [4.78, 5) is 33.2. The van der Waals surface area contributed by atoms with Crippen LogP contribution in [0, 0.1) is 5.92 Å². The number of fused-ring (bicyclic) bond motifs is 4. The predicted octanol–water partition coefficient (Wildman–Crippen LogP) is 3.30. The number of rotatable bonds is 3. The average molecular weight is 379 g/mol. The van der Waals surface area contributed by atoms with E-state index in [9.17, 15) is 9.59 Å². The molecule has 1 aromatic carbocycles. The van der Waals surface area contributed by atoms with Crippen LogP contribution in [0.15, 0.2) is 30.3 Å². The van der Waals surface area contributed by atoms with Crippen LogP contribution < -0.4 is 5.32 Å². The Morgan fingerprint density at radius 1 is 1.21 bits per heavy atom. The molecule has 2 unspecified atom stereocenters. The molecule has 0 radical (unpaired) electrons. The normalized spacial score (nSPS) is 29.6. The SMILES string of the molecule is CC(C)C1(C)C(=O)NC2(OC3CCCC3)c3nc4ccccc4cc3C(=O)N21. The van der Waals surface area contributed by atoms with Crippen molar-refractivity contribution < 1.29 is 14.3 Å². The molecule has 2 fully saturated rings. The minimum absolute atomic E-state index is 0.00401. The van der Waals surface area contributed by atoms with Gasteiger partial charge >= 0.3 is 0 Å². The van der Waals surface area contributed by atoms with Crippen molar-refractivity contribution in [1.82, 2.24) is 15.2 Å². The number of ether oxygens (including phenoxy) is 1. The van der Waals surface area contributed by atoms with Crippen LogP contribution in [0.2, 0.25) is 0 Å². The van der Waals surface area contributed by atoms with Gasteiger partial charge in [-0.05, 0) is 37.8 Å². The number of carbonyl (C=O) groups is 2. The van der Waals surface area contributed by atoms with Gasteiger partial charge in [-0.3, -0.25) is 14.5 Å². The summed E-state index contributed by atoms with van der Waals surface area (Å²) in [6, 6.07) is 9.60. The van der Waals surface area contributed by atoms with Crippen LogP contribution in [0.25, 0.3) is 10.9 Å². The number of hydrogen-bond donors (Lipinski definition) is 1. The summed E-state index contributed by atoms with van der Waals surface area (Å²) < 4.78 is 6.56. The molecule has 2 amide bonds. The number of amides is 2. The monoisotopic (exact) mass is 379 g/mol. The molecule has 2 aliphatic heterocycles. The first kappa shape index (κ1) is 17.6. The largest absolute Gasteiger partial charge is 0.330 e. The van der Waals surface area contributed by atoms with Crippen LogP contribution in [-0.2, 0) is 15.4 Å². The molecule has 3 aliphatic rings. The molecule has 3 heterocycles. The molecule has 5 rings (SSSR count). The zero-order valence-corrected chi connectivity index (χ0v) is 16.5. The van der Waals surface area contributed by atoms with Gasteiger partial charge in [0, 0.05) is 5.39 Å². The lowest BCUT2D eigenvalue weighted by Crippen LogP contribution is -2.57. The first-order chi connectivity index (χ1) is 13.4. The molecule has 1 aliphatic carbocycles. The Morgan fingerprint density at radius 3 is 2.64 bits per heavy atom. The molecule has 2 aromatic rings.